The number of nitrogens with zero attached hydrogens (tertiary/aromatic N) is 2. The average molecular weight is 450 g/mol. The third kappa shape index (κ3) is 4.79. The van der Waals surface area contributed by atoms with Gasteiger partial charge in [-0.05, 0) is 53.9 Å². The average Bonchev–Trinajstić information content (AvgIpc) is 3.23. The SMILES string of the molecule is NCc1ccc(S(=O)(=O)NC(=O)NCCc2ccc(-n3cnc4ccccc43)cc2)cc1. The Morgan fingerprint density at radius 2 is 1.62 bits per heavy atom. The Hall–Kier alpha value is -3.69. The minimum Gasteiger partial charge on any atom is -0.337 e. The van der Waals surface area contributed by atoms with Crippen molar-refractivity contribution in [3.8, 4) is 5.69 Å². The molecule has 4 rings (SSSR count). The van der Waals surface area contributed by atoms with E-state index in [0.29, 0.717) is 19.5 Å². The van der Waals surface area contributed by atoms with E-state index in [-0.39, 0.29) is 4.90 Å². The number of hydrogen-bond donors (Lipinski definition) is 3. The van der Waals surface area contributed by atoms with E-state index in [1.165, 1.54) is 12.1 Å². The maximum Gasteiger partial charge on any atom is 0.328 e. The maximum absolute atomic E-state index is 12.3. The number of benzene rings is 3. The highest BCUT2D eigenvalue weighted by Gasteiger charge is 2.17. The summed E-state index contributed by atoms with van der Waals surface area (Å²) in [5, 5.41) is 2.58. The van der Waals surface area contributed by atoms with Gasteiger partial charge < -0.3 is 11.1 Å². The Balaban J connectivity index is 1.31. The van der Waals surface area contributed by atoms with E-state index in [1.807, 2.05) is 57.8 Å². The van der Waals surface area contributed by atoms with Crippen LogP contribution in [0.3, 0.4) is 0 Å². The first kappa shape index (κ1) is 21.5. The molecule has 8 nitrogen and oxygen atoms in total. The quantitative estimate of drug-likeness (QED) is 0.401. The van der Waals surface area contributed by atoms with Gasteiger partial charge in [0.15, 0.2) is 0 Å². The zero-order valence-electron chi connectivity index (χ0n) is 17.2. The highest BCUT2D eigenvalue weighted by atomic mass is 32.2. The van der Waals surface area contributed by atoms with Gasteiger partial charge in [-0.15, -0.1) is 0 Å². The number of carbonyl (C=O) groups excluding carboxylic acids is 1. The minimum absolute atomic E-state index is 0.00691. The number of fused-ring (bicyclic) bond motifs is 1. The second kappa shape index (κ2) is 9.21. The molecule has 0 aliphatic heterocycles. The summed E-state index contributed by atoms with van der Waals surface area (Å²) in [6, 6.07) is 21.1. The minimum atomic E-state index is -3.94. The standard InChI is InChI=1S/C23H23N5O3S/c24-15-18-7-11-20(12-8-18)32(30,31)27-23(29)25-14-13-17-5-9-19(10-6-17)28-16-26-21-3-1-2-4-22(21)28/h1-12,16H,13-15,24H2,(H2,25,27,29). The number of para-hydroxylation sites is 2. The first-order chi connectivity index (χ1) is 15.5. The van der Waals surface area contributed by atoms with Crippen molar-refractivity contribution in [3.05, 3.63) is 90.3 Å². The summed E-state index contributed by atoms with van der Waals surface area (Å²) < 4.78 is 28.6. The van der Waals surface area contributed by atoms with E-state index >= 15 is 0 Å². The molecule has 0 fully saturated rings. The van der Waals surface area contributed by atoms with Crippen molar-refractivity contribution in [2.45, 2.75) is 17.9 Å². The molecule has 0 saturated carbocycles. The van der Waals surface area contributed by atoms with Crippen LogP contribution >= 0.6 is 0 Å². The molecule has 1 aromatic heterocycles. The Bertz CT molecular complexity index is 1330. The fraction of sp³-hybridized carbons (Fsp3) is 0.130. The summed E-state index contributed by atoms with van der Waals surface area (Å²) in [7, 11) is -3.94. The van der Waals surface area contributed by atoms with Gasteiger partial charge in [0.05, 0.1) is 15.9 Å². The van der Waals surface area contributed by atoms with Gasteiger partial charge in [0, 0.05) is 18.8 Å². The number of rotatable bonds is 7. The zero-order valence-corrected chi connectivity index (χ0v) is 18.0. The van der Waals surface area contributed by atoms with E-state index in [9.17, 15) is 13.2 Å². The molecule has 4 aromatic rings. The molecule has 0 spiro atoms. The van der Waals surface area contributed by atoms with E-state index < -0.39 is 16.1 Å². The molecule has 4 N–H and O–H groups in total. The van der Waals surface area contributed by atoms with Crippen LogP contribution in [0.1, 0.15) is 11.1 Å². The molecule has 3 aromatic carbocycles. The van der Waals surface area contributed by atoms with Gasteiger partial charge in [0.1, 0.15) is 6.33 Å². The predicted octanol–water partition coefficient (Wildman–Crippen LogP) is 2.71. The number of imidazole rings is 1. The van der Waals surface area contributed by atoms with Gasteiger partial charge in [-0.25, -0.2) is 22.9 Å². The summed E-state index contributed by atoms with van der Waals surface area (Å²) in [6.07, 6.45) is 2.35. The van der Waals surface area contributed by atoms with Crippen LogP contribution in [0.2, 0.25) is 0 Å². The summed E-state index contributed by atoms with van der Waals surface area (Å²) >= 11 is 0. The topological polar surface area (TPSA) is 119 Å². The van der Waals surface area contributed by atoms with Gasteiger partial charge in [0.25, 0.3) is 10.0 Å². The summed E-state index contributed by atoms with van der Waals surface area (Å²) in [5.41, 5.74) is 10.3. The van der Waals surface area contributed by atoms with E-state index in [0.717, 1.165) is 27.8 Å². The maximum atomic E-state index is 12.3. The molecule has 0 aliphatic carbocycles. The number of carbonyl (C=O) groups is 1. The molecular formula is C23H23N5O3S. The molecule has 0 saturated heterocycles. The number of amides is 2. The summed E-state index contributed by atoms with van der Waals surface area (Å²) in [4.78, 5) is 16.5. The fourth-order valence-electron chi connectivity index (χ4n) is 3.33. The van der Waals surface area contributed by atoms with Gasteiger partial charge >= 0.3 is 6.03 Å². The van der Waals surface area contributed by atoms with Crippen LogP contribution in [0.5, 0.6) is 0 Å². The molecule has 2 amide bonds. The van der Waals surface area contributed by atoms with Crippen LogP contribution in [0.15, 0.2) is 84.0 Å². The molecule has 32 heavy (non-hydrogen) atoms. The van der Waals surface area contributed by atoms with Crippen LogP contribution in [-0.4, -0.2) is 30.5 Å². The van der Waals surface area contributed by atoms with Gasteiger partial charge in [-0.1, -0.05) is 36.4 Å². The Kier molecular flexibility index (Phi) is 6.20. The first-order valence-corrected chi connectivity index (χ1v) is 11.6. The van der Waals surface area contributed by atoms with Crippen molar-refractivity contribution in [2.24, 2.45) is 5.73 Å². The molecule has 0 radical (unpaired) electrons. The van der Waals surface area contributed by atoms with Gasteiger partial charge in [-0.2, -0.15) is 0 Å². The van der Waals surface area contributed by atoms with Gasteiger partial charge in [0.2, 0.25) is 0 Å². The molecule has 9 heteroatoms. The number of sulfonamides is 1. The molecule has 1 heterocycles. The van der Waals surface area contributed by atoms with E-state index in [1.54, 1.807) is 18.5 Å². The molecule has 0 bridgehead atoms. The smallest absolute Gasteiger partial charge is 0.328 e. The number of hydrogen-bond acceptors (Lipinski definition) is 5. The van der Waals surface area contributed by atoms with Crippen LogP contribution in [0, 0.1) is 0 Å². The number of nitrogens with two attached hydrogens (primary N) is 1. The van der Waals surface area contributed by atoms with Crippen LogP contribution in [-0.2, 0) is 23.0 Å². The van der Waals surface area contributed by atoms with Crippen LogP contribution < -0.4 is 15.8 Å². The van der Waals surface area contributed by atoms with Crippen LogP contribution in [0.4, 0.5) is 4.79 Å². The van der Waals surface area contributed by atoms with Crippen molar-refractivity contribution in [3.63, 3.8) is 0 Å². The Morgan fingerprint density at radius 3 is 2.34 bits per heavy atom. The molecular weight excluding hydrogens is 426 g/mol. The van der Waals surface area contributed by atoms with Crippen molar-refractivity contribution < 1.29 is 13.2 Å². The van der Waals surface area contributed by atoms with Crippen molar-refractivity contribution in [1.82, 2.24) is 19.6 Å². The lowest BCUT2D eigenvalue weighted by Crippen LogP contribution is -2.40. The Labute approximate surface area is 186 Å². The second-order valence-electron chi connectivity index (χ2n) is 7.23. The Morgan fingerprint density at radius 1 is 0.938 bits per heavy atom. The lowest BCUT2D eigenvalue weighted by Gasteiger charge is -2.10. The highest BCUT2D eigenvalue weighted by Crippen LogP contribution is 2.18. The fourth-order valence-corrected chi connectivity index (χ4v) is 4.26. The zero-order chi connectivity index (χ0) is 22.6. The number of aromatic nitrogens is 2. The molecule has 0 aliphatic rings. The second-order valence-corrected chi connectivity index (χ2v) is 8.91. The number of nitrogens with one attached hydrogen (secondary N) is 2. The molecule has 164 valence electrons. The van der Waals surface area contributed by atoms with Crippen molar-refractivity contribution in [2.75, 3.05) is 6.54 Å². The van der Waals surface area contributed by atoms with Crippen molar-refractivity contribution >= 4 is 27.1 Å². The summed E-state index contributed by atoms with van der Waals surface area (Å²) in [6.45, 7) is 0.606. The molecule has 0 atom stereocenters. The van der Waals surface area contributed by atoms with E-state index in [2.05, 4.69) is 10.3 Å². The largest absolute Gasteiger partial charge is 0.337 e. The number of urea groups is 1. The monoisotopic (exact) mass is 449 g/mol. The normalized spacial score (nSPS) is 11.4. The third-order valence-electron chi connectivity index (χ3n) is 5.06. The van der Waals surface area contributed by atoms with Crippen LogP contribution in [0.25, 0.3) is 16.7 Å². The molecule has 0 unspecified atom stereocenters. The predicted molar refractivity (Wildman–Crippen MR) is 123 cm³/mol. The van der Waals surface area contributed by atoms with E-state index in [4.69, 9.17) is 5.73 Å². The highest BCUT2D eigenvalue weighted by molar-refractivity contribution is 7.90. The summed E-state index contributed by atoms with van der Waals surface area (Å²) in [5.74, 6) is 0. The van der Waals surface area contributed by atoms with Crippen molar-refractivity contribution in [1.29, 1.82) is 0 Å². The van der Waals surface area contributed by atoms with Gasteiger partial charge in [-0.3, -0.25) is 4.57 Å². The lowest BCUT2D eigenvalue weighted by atomic mass is 10.1. The lowest BCUT2D eigenvalue weighted by molar-refractivity contribution is 0.246. The third-order valence-corrected chi connectivity index (χ3v) is 6.41. The first-order valence-electron chi connectivity index (χ1n) is 10.1.